The lowest BCUT2D eigenvalue weighted by molar-refractivity contribution is -0.138. The molecule has 4 N–H and O–H groups in total. The summed E-state index contributed by atoms with van der Waals surface area (Å²) in [6.45, 7) is 1.29. The first-order chi connectivity index (χ1) is 7.43. The van der Waals surface area contributed by atoms with Crippen molar-refractivity contribution in [2.45, 2.75) is 13.0 Å². The van der Waals surface area contributed by atoms with Gasteiger partial charge in [-0.1, -0.05) is 6.07 Å². The number of aromatic hydroxyl groups is 2. The fourth-order valence-electron chi connectivity index (χ4n) is 1.05. The molecule has 1 aromatic carbocycles. The van der Waals surface area contributed by atoms with E-state index in [-0.39, 0.29) is 5.56 Å². The van der Waals surface area contributed by atoms with Gasteiger partial charge in [-0.15, -0.1) is 0 Å². The number of aliphatic carboxylic acids is 1. The normalized spacial score (nSPS) is 11.8. The second-order valence-corrected chi connectivity index (χ2v) is 3.21. The molecule has 16 heavy (non-hydrogen) atoms. The molecule has 0 aliphatic rings. The minimum absolute atomic E-state index is 0.173. The molecule has 6 nitrogen and oxygen atoms in total. The molecule has 0 saturated carbocycles. The van der Waals surface area contributed by atoms with Gasteiger partial charge in [0.25, 0.3) is 5.91 Å². The maximum Gasteiger partial charge on any atom is 0.325 e. The summed E-state index contributed by atoms with van der Waals surface area (Å²) in [4.78, 5) is 22.0. The molecule has 0 spiro atoms. The molecule has 0 aliphatic carbocycles. The molecule has 0 unspecified atom stereocenters. The largest absolute Gasteiger partial charge is 0.504 e. The van der Waals surface area contributed by atoms with Crippen LogP contribution in [0.25, 0.3) is 0 Å². The van der Waals surface area contributed by atoms with Crippen molar-refractivity contribution in [3.05, 3.63) is 23.8 Å². The van der Waals surface area contributed by atoms with Gasteiger partial charge in [-0.25, -0.2) is 0 Å². The van der Waals surface area contributed by atoms with E-state index in [0.29, 0.717) is 0 Å². The van der Waals surface area contributed by atoms with Crippen LogP contribution in [0.1, 0.15) is 17.3 Å². The number of hydrogen-bond donors (Lipinski definition) is 4. The fourth-order valence-corrected chi connectivity index (χ4v) is 1.05. The number of carboxylic acid groups (broad SMARTS) is 1. The standard InChI is InChI=1S/C10H11NO5/c1-5(10(15)16)11-9(14)6-3-2-4-7(12)8(6)13/h2-5,12-13H,1H3,(H,11,14)(H,15,16)/t5-/m0/s1. The molecule has 86 valence electrons. The van der Waals surface area contributed by atoms with E-state index in [0.717, 1.165) is 0 Å². The predicted octanol–water partition coefficient (Wildman–Crippen LogP) is 0.301. The van der Waals surface area contributed by atoms with E-state index in [2.05, 4.69) is 5.32 Å². The molecule has 6 heteroatoms. The van der Waals surface area contributed by atoms with Crippen LogP contribution in [-0.4, -0.2) is 33.2 Å². The summed E-state index contributed by atoms with van der Waals surface area (Å²) >= 11 is 0. The fraction of sp³-hybridized carbons (Fsp3) is 0.200. The van der Waals surface area contributed by atoms with Gasteiger partial charge in [0.05, 0.1) is 5.56 Å². The Hall–Kier alpha value is -2.24. The number of benzene rings is 1. The van der Waals surface area contributed by atoms with Crippen LogP contribution in [-0.2, 0) is 4.79 Å². The summed E-state index contributed by atoms with van der Waals surface area (Å²) < 4.78 is 0. The third kappa shape index (κ3) is 2.41. The smallest absolute Gasteiger partial charge is 0.325 e. The van der Waals surface area contributed by atoms with Crippen molar-refractivity contribution in [2.24, 2.45) is 0 Å². The number of phenols is 2. The second-order valence-electron chi connectivity index (χ2n) is 3.21. The van der Waals surface area contributed by atoms with Gasteiger partial charge in [0.2, 0.25) is 0 Å². The van der Waals surface area contributed by atoms with Crippen molar-refractivity contribution in [3.63, 3.8) is 0 Å². The van der Waals surface area contributed by atoms with Crippen LogP contribution in [0.4, 0.5) is 0 Å². The van der Waals surface area contributed by atoms with E-state index >= 15 is 0 Å². The van der Waals surface area contributed by atoms with Crippen LogP contribution in [0.3, 0.4) is 0 Å². The molecular formula is C10H11NO5. The molecule has 1 rings (SSSR count). The van der Waals surface area contributed by atoms with Crippen molar-refractivity contribution < 1.29 is 24.9 Å². The first-order valence-electron chi connectivity index (χ1n) is 4.48. The van der Waals surface area contributed by atoms with Crippen LogP contribution in [0.2, 0.25) is 0 Å². The maximum absolute atomic E-state index is 11.5. The van der Waals surface area contributed by atoms with Crippen molar-refractivity contribution >= 4 is 11.9 Å². The predicted molar refractivity (Wildman–Crippen MR) is 54.3 cm³/mol. The Kier molecular flexibility index (Phi) is 3.34. The van der Waals surface area contributed by atoms with Crippen molar-refractivity contribution in [1.29, 1.82) is 0 Å². The van der Waals surface area contributed by atoms with Gasteiger partial charge in [-0.2, -0.15) is 0 Å². The third-order valence-electron chi connectivity index (χ3n) is 1.98. The zero-order valence-electron chi connectivity index (χ0n) is 8.47. The minimum Gasteiger partial charge on any atom is -0.504 e. The molecule has 0 aliphatic heterocycles. The van der Waals surface area contributed by atoms with Gasteiger partial charge in [-0.3, -0.25) is 9.59 Å². The number of para-hydroxylation sites is 1. The summed E-state index contributed by atoms with van der Waals surface area (Å²) in [6, 6.07) is 2.79. The summed E-state index contributed by atoms with van der Waals surface area (Å²) in [7, 11) is 0. The van der Waals surface area contributed by atoms with Crippen LogP contribution >= 0.6 is 0 Å². The maximum atomic E-state index is 11.5. The summed E-state index contributed by atoms with van der Waals surface area (Å²) in [5.41, 5.74) is -0.173. The molecule has 0 radical (unpaired) electrons. The summed E-state index contributed by atoms with van der Waals surface area (Å²) in [5, 5.41) is 29.2. The van der Waals surface area contributed by atoms with E-state index in [1.54, 1.807) is 0 Å². The van der Waals surface area contributed by atoms with E-state index in [1.807, 2.05) is 0 Å². The number of amides is 1. The van der Waals surface area contributed by atoms with Crippen molar-refractivity contribution in [1.82, 2.24) is 5.32 Å². The first-order valence-corrected chi connectivity index (χ1v) is 4.48. The molecule has 0 heterocycles. The quantitative estimate of drug-likeness (QED) is 0.553. The lowest BCUT2D eigenvalue weighted by atomic mass is 10.1. The lowest BCUT2D eigenvalue weighted by Crippen LogP contribution is -2.38. The van der Waals surface area contributed by atoms with E-state index in [9.17, 15) is 14.7 Å². The van der Waals surface area contributed by atoms with Crippen molar-refractivity contribution in [3.8, 4) is 11.5 Å². The van der Waals surface area contributed by atoms with E-state index in [1.165, 1.54) is 25.1 Å². The van der Waals surface area contributed by atoms with Crippen molar-refractivity contribution in [2.75, 3.05) is 0 Å². The van der Waals surface area contributed by atoms with Crippen LogP contribution < -0.4 is 5.32 Å². The topological polar surface area (TPSA) is 107 Å². The highest BCUT2D eigenvalue weighted by atomic mass is 16.4. The molecular weight excluding hydrogens is 214 g/mol. The Balaban J connectivity index is 2.89. The minimum atomic E-state index is -1.19. The van der Waals surface area contributed by atoms with Gasteiger partial charge >= 0.3 is 5.97 Å². The SMILES string of the molecule is C[C@H](NC(=O)c1cccc(O)c1O)C(=O)O. The number of carboxylic acids is 1. The van der Waals surface area contributed by atoms with Crippen LogP contribution in [0, 0.1) is 0 Å². The zero-order chi connectivity index (χ0) is 12.3. The third-order valence-corrected chi connectivity index (χ3v) is 1.98. The van der Waals surface area contributed by atoms with Gasteiger partial charge < -0.3 is 20.6 Å². The Bertz CT molecular complexity index is 429. The van der Waals surface area contributed by atoms with Crippen LogP contribution in [0.15, 0.2) is 18.2 Å². The Morgan fingerprint density at radius 3 is 2.50 bits per heavy atom. The number of phenolic OH excluding ortho intramolecular Hbond substituents is 2. The number of carbonyl (C=O) groups excluding carboxylic acids is 1. The number of nitrogens with one attached hydrogen (secondary N) is 1. The lowest BCUT2D eigenvalue weighted by Gasteiger charge is -2.10. The zero-order valence-corrected chi connectivity index (χ0v) is 8.47. The summed E-state index contributed by atoms with van der Waals surface area (Å²) in [5.74, 6) is -2.95. The molecule has 0 fully saturated rings. The van der Waals surface area contributed by atoms with Gasteiger partial charge in [0, 0.05) is 0 Å². The number of rotatable bonds is 3. The first kappa shape index (κ1) is 11.8. The highest BCUT2D eigenvalue weighted by molar-refractivity contribution is 5.99. The monoisotopic (exact) mass is 225 g/mol. The Morgan fingerprint density at radius 2 is 1.94 bits per heavy atom. The Labute approximate surface area is 91.1 Å². The molecule has 1 amide bonds. The molecule has 1 aromatic rings. The number of carbonyl (C=O) groups is 2. The van der Waals surface area contributed by atoms with E-state index < -0.39 is 29.4 Å². The van der Waals surface area contributed by atoms with Gasteiger partial charge in [0.1, 0.15) is 6.04 Å². The number of hydrogen-bond acceptors (Lipinski definition) is 4. The van der Waals surface area contributed by atoms with Gasteiger partial charge in [0.15, 0.2) is 11.5 Å². The molecule has 0 bridgehead atoms. The molecule has 0 saturated heterocycles. The Morgan fingerprint density at radius 1 is 1.31 bits per heavy atom. The molecule has 0 aromatic heterocycles. The average molecular weight is 225 g/mol. The van der Waals surface area contributed by atoms with Gasteiger partial charge in [-0.05, 0) is 19.1 Å². The molecule has 1 atom stereocenters. The second kappa shape index (κ2) is 4.52. The van der Waals surface area contributed by atoms with E-state index in [4.69, 9.17) is 10.2 Å². The average Bonchev–Trinajstić information content (AvgIpc) is 2.21. The highest BCUT2D eigenvalue weighted by Crippen LogP contribution is 2.27. The van der Waals surface area contributed by atoms with Crippen LogP contribution in [0.5, 0.6) is 11.5 Å². The summed E-state index contributed by atoms with van der Waals surface area (Å²) in [6.07, 6.45) is 0. The highest BCUT2D eigenvalue weighted by Gasteiger charge is 2.18.